The van der Waals surface area contributed by atoms with E-state index in [0.29, 0.717) is 11.1 Å². The molecule has 1 aliphatic rings. The fourth-order valence-corrected chi connectivity index (χ4v) is 14.7. The predicted molar refractivity (Wildman–Crippen MR) is 232 cm³/mol. The summed E-state index contributed by atoms with van der Waals surface area (Å²) in [5, 5.41) is 7.25. The highest BCUT2D eigenvalue weighted by atomic mass is 28.3. The lowest BCUT2D eigenvalue weighted by atomic mass is 9.85. The maximum atomic E-state index is 17.4. The summed E-state index contributed by atoms with van der Waals surface area (Å²) < 4.78 is 26.1. The highest BCUT2D eigenvalue weighted by molar-refractivity contribution is 7.20. The van der Waals surface area contributed by atoms with Crippen LogP contribution >= 0.6 is 0 Å². The first-order valence-corrected chi connectivity index (χ1v) is 21.4. The molecule has 0 saturated carbocycles. The summed E-state index contributed by atoms with van der Waals surface area (Å²) in [5.74, 6) is 0.543. The molecule has 10 aromatic rings. The number of imidazole rings is 1. The Labute approximate surface area is 330 Å². The van der Waals surface area contributed by atoms with Crippen LogP contribution in [0.3, 0.4) is 0 Å². The van der Waals surface area contributed by atoms with E-state index in [2.05, 4.69) is 114 Å². The molecule has 4 nitrogen and oxygen atoms in total. The summed E-state index contributed by atoms with van der Waals surface area (Å²) in [7, 11) is -1.03. The highest BCUT2D eigenvalue weighted by Crippen LogP contribution is 2.41. The number of hydrogen-bond donors (Lipinski definition) is 0. The molecule has 0 N–H and O–H groups in total. The quantitative estimate of drug-likeness (QED) is 0.159. The van der Waals surface area contributed by atoms with Crippen LogP contribution in [0.1, 0.15) is 40.0 Å². The van der Waals surface area contributed by atoms with Crippen molar-refractivity contribution in [3.8, 4) is 11.4 Å². The second-order valence-corrected chi connectivity index (χ2v) is 18.8. The third kappa shape index (κ3) is 5.10. The minimum atomic E-state index is -3.04. The van der Waals surface area contributed by atoms with Gasteiger partial charge < -0.3 is 8.98 Å². The monoisotopic (exact) mass is 753 g/mol. The largest absolute Gasteiger partial charge is 0.456 e. The lowest BCUT2D eigenvalue weighted by molar-refractivity contribution is 0.402. The van der Waals surface area contributed by atoms with Crippen LogP contribution in [-0.2, 0) is 7.05 Å². The van der Waals surface area contributed by atoms with Crippen molar-refractivity contribution in [3.05, 3.63) is 216 Å². The van der Waals surface area contributed by atoms with Crippen LogP contribution < -0.4 is 20.7 Å². The molecule has 7 aromatic carbocycles. The average molecular weight is 754 g/mol. The van der Waals surface area contributed by atoms with E-state index in [-0.39, 0.29) is 5.92 Å². The maximum Gasteiger partial charge on any atom is 0.180 e. The third-order valence-electron chi connectivity index (χ3n) is 12.0. The topological polar surface area (TPSA) is 43.9 Å². The molecule has 0 fully saturated rings. The molecule has 272 valence electrons. The lowest BCUT2D eigenvalue weighted by Crippen LogP contribution is -2.77. The van der Waals surface area contributed by atoms with Crippen molar-refractivity contribution >= 4 is 61.8 Å². The van der Waals surface area contributed by atoms with Gasteiger partial charge in [0.05, 0.1) is 22.6 Å². The molecule has 0 bridgehead atoms. The second kappa shape index (κ2) is 13.1. The van der Waals surface area contributed by atoms with Gasteiger partial charge in [-0.05, 0) is 91.5 Å². The van der Waals surface area contributed by atoms with E-state index in [4.69, 9.17) is 14.4 Å². The summed E-state index contributed by atoms with van der Waals surface area (Å²) >= 11 is 0. The molecule has 0 radical (unpaired) electrons. The van der Waals surface area contributed by atoms with Gasteiger partial charge in [0.25, 0.3) is 0 Å². The van der Waals surface area contributed by atoms with Crippen LogP contribution in [-0.4, -0.2) is 22.6 Å². The number of benzene rings is 7. The minimum absolute atomic E-state index is 0.264. The predicted octanol–water partition coefficient (Wildman–Crippen LogP) is 9.46. The van der Waals surface area contributed by atoms with Gasteiger partial charge in [0.2, 0.25) is 0 Å². The number of rotatable bonds is 6. The minimum Gasteiger partial charge on any atom is -0.456 e. The first-order valence-electron chi connectivity index (χ1n) is 19.4. The van der Waals surface area contributed by atoms with Crippen LogP contribution in [0.5, 0.6) is 0 Å². The standard InChI is InChI=1S/C51H36FN3OSi/c1-55-44-24-10-9-22-42(44)54-51(55)35-16-14-15-33(29-35)50(52)34-26-27-47-40(30-34)49(43-23-12-13-28-53-43)41-31-46-39(38-21-8-11-25-45(38)56-46)32-48(41)57(47,36-17-4-2-5-18-36)37-19-6-3-7-20-37/h2-32,49-50H,1H3. The second-order valence-electron chi connectivity index (χ2n) is 15.0. The van der Waals surface area contributed by atoms with Crippen molar-refractivity contribution in [2.24, 2.45) is 7.05 Å². The van der Waals surface area contributed by atoms with Crippen LogP contribution in [0, 0.1) is 0 Å². The molecule has 6 heteroatoms. The van der Waals surface area contributed by atoms with Crippen molar-refractivity contribution in [1.82, 2.24) is 14.5 Å². The first kappa shape index (κ1) is 33.4. The maximum absolute atomic E-state index is 17.4. The fraction of sp³-hybridized carbons (Fsp3) is 0.0588. The summed E-state index contributed by atoms with van der Waals surface area (Å²) in [6, 6.07) is 63.1. The van der Waals surface area contributed by atoms with Gasteiger partial charge in [-0.15, -0.1) is 0 Å². The van der Waals surface area contributed by atoms with Gasteiger partial charge in [-0.3, -0.25) is 4.98 Å². The van der Waals surface area contributed by atoms with Gasteiger partial charge in [0.1, 0.15) is 17.0 Å². The molecular weight excluding hydrogens is 718 g/mol. The number of nitrogens with zero attached hydrogens (tertiary/aromatic N) is 3. The number of para-hydroxylation sites is 3. The molecule has 11 rings (SSSR count). The molecule has 3 aromatic heterocycles. The Bertz CT molecular complexity index is 3080. The molecule has 0 amide bonds. The van der Waals surface area contributed by atoms with E-state index in [1.54, 1.807) is 0 Å². The van der Waals surface area contributed by atoms with E-state index >= 15 is 4.39 Å². The highest BCUT2D eigenvalue weighted by Gasteiger charge is 2.50. The van der Waals surface area contributed by atoms with E-state index in [1.165, 1.54) is 20.7 Å². The Morgan fingerprint density at radius 2 is 1.30 bits per heavy atom. The molecule has 4 heterocycles. The summed E-state index contributed by atoms with van der Waals surface area (Å²) in [6.07, 6.45) is 0.481. The summed E-state index contributed by atoms with van der Waals surface area (Å²) in [6.45, 7) is 0. The first-order chi connectivity index (χ1) is 28.1. The number of aromatic nitrogens is 3. The number of furan rings is 1. The Hall–Kier alpha value is -6.89. The van der Waals surface area contributed by atoms with Gasteiger partial charge in [-0.25, -0.2) is 9.37 Å². The number of halogens is 1. The molecular formula is C51H36FN3OSi. The zero-order valence-corrected chi connectivity index (χ0v) is 32.2. The number of hydrogen-bond acceptors (Lipinski definition) is 3. The van der Waals surface area contributed by atoms with Crippen LogP contribution in [0.25, 0.3) is 44.4 Å². The number of pyridine rings is 1. The normalized spacial score (nSPS) is 15.1. The van der Waals surface area contributed by atoms with Gasteiger partial charge in [0, 0.05) is 29.6 Å². The number of fused-ring (bicyclic) bond motifs is 6. The van der Waals surface area contributed by atoms with Crippen molar-refractivity contribution < 1.29 is 8.81 Å². The SMILES string of the molecule is Cn1c(-c2cccc(C(F)c3ccc4c(c3)C(c3ccccn3)c3cc5oc6ccccc6c5cc3[Si]4(c3ccccc3)c3ccccc3)c2)nc2ccccc21. The summed E-state index contributed by atoms with van der Waals surface area (Å²) in [4.78, 5) is 9.92. The molecule has 0 saturated heterocycles. The van der Waals surface area contributed by atoms with Crippen LogP contribution in [0.15, 0.2) is 193 Å². The number of alkyl halides is 1. The van der Waals surface area contributed by atoms with Gasteiger partial charge in [-0.2, -0.15) is 0 Å². The van der Waals surface area contributed by atoms with Crippen LogP contribution in [0.2, 0.25) is 0 Å². The van der Waals surface area contributed by atoms with E-state index in [9.17, 15) is 0 Å². The van der Waals surface area contributed by atoms with Crippen molar-refractivity contribution in [2.45, 2.75) is 12.1 Å². The zero-order chi connectivity index (χ0) is 38.1. The molecule has 1 aliphatic heterocycles. The molecule has 57 heavy (non-hydrogen) atoms. The zero-order valence-electron chi connectivity index (χ0n) is 31.2. The summed E-state index contributed by atoms with van der Waals surface area (Å²) in [5.41, 5.74) is 8.84. The molecule has 0 spiro atoms. The van der Waals surface area contributed by atoms with Crippen molar-refractivity contribution in [3.63, 3.8) is 0 Å². The Morgan fingerprint density at radius 1 is 0.596 bits per heavy atom. The lowest BCUT2D eigenvalue weighted by Gasteiger charge is -2.43. The van der Waals surface area contributed by atoms with Crippen molar-refractivity contribution in [2.75, 3.05) is 0 Å². The third-order valence-corrected chi connectivity index (χ3v) is 16.9. The van der Waals surface area contributed by atoms with E-state index < -0.39 is 14.2 Å². The molecule has 2 atom stereocenters. The van der Waals surface area contributed by atoms with Gasteiger partial charge in [-0.1, -0.05) is 133 Å². The van der Waals surface area contributed by atoms with Crippen LogP contribution in [0.4, 0.5) is 4.39 Å². The molecule has 2 unspecified atom stereocenters. The van der Waals surface area contributed by atoms with E-state index in [0.717, 1.165) is 61.2 Å². The Kier molecular flexibility index (Phi) is 7.69. The average Bonchev–Trinajstić information content (AvgIpc) is 3.82. The fourth-order valence-electron chi connectivity index (χ4n) is 9.44. The Morgan fingerprint density at radius 3 is 2.07 bits per heavy atom. The van der Waals surface area contributed by atoms with Gasteiger partial charge >= 0.3 is 0 Å². The molecule has 0 aliphatic carbocycles. The van der Waals surface area contributed by atoms with Gasteiger partial charge in [0.15, 0.2) is 14.2 Å². The van der Waals surface area contributed by atoms with E-state index in [1.807, 2.05) is 86.0 Å². The smallest absolute Gasteiger partial charge is 0.180 e. The number of aryl methyl sites for hydroxylation is 1. The van der Waals surface area contributed by atoms with Crippen molar-refractivity contribution in [1.29, 1.82) is 0 Å². The Balaban J connectivity index is 1.18.